The van der Waals surface area contributed by atoms with Crippen LogP contribution in [0.25, 0.3) is 11.2 Å². The lowest BCUT2D eigenvalue weighted by Crippen LogP contribution is -2.58. The first kappa shape index (κ1) is 129. The number of aromatic amines is 1. The van der Waals surface area contributed by atoms with E-state index in [2.05, 4.69) is 57.0 Å². The van der Waals surface area contributed by atoms with Gasteiger partial charge in [-0.05, 0) is 67.3 Å². The number of methoxy groups -OCH3 is 2. The quantitative estimate of drug-likeness (QED) is 0.0134. The van der Waals surface area contributed by atoms with Crippen molar-refractivity contribution in [3.63, 3.8) is 0 Å². The summed E-state index contributed by atoms with van der Waals surface area (Å²) in [6.45, 7) is 20.4. The van der Waals surface area contributed by atoms with Crippen LogP contribution in [0.15, 0.2) is 72.1 Å². The van der Waals surface area contributed by atoms with Gasteiger partial charge < -0.3 is 170 Å². The van der Waals surface area contributed by atoms with Crippen molar-refractivity contribution < 1.29 is 171 Å². The fraction of sp³-hybridized carbons (Fsp3) is 0.720. The molecule has 1 atom stereocenters. The van der Waals surface area contributed by atoms with E-state index in [0.717, 1.165) is 11.1 Å². The third-order valence-corrected chi connectivity index (χ3v) is 21.7. The van der Waals surface area contributed by atoms with Gasteiger partial charge in [0.15, 0.2) is 5.65 Å². The van der Waals surface area contributed by atoms with Gasteiger partial charge >= 0.3 is 0 Å². The smallest absolute Gasteiger partial charge is 0.253 e. The molecule has 49 heteroatoms. The summed E-state index contributed by atoms with van der Waals surface area (Å²) < 4.78 is 157. The zero-order valence-corrected chi connectivity index (χ0v) is 87.2. The fourth-order valence-electron chi connectivity index (χ4n) is 13.6. The van der Waals surface area contributed by atoms with Crippen molar-refractivity contribution in [3.05, 3.63) is 89.3 Å². The standard InChI is InChI=1S/C100H163N13O36/c1-81(111-112-97(121)87-10-8-83(9-11-87)75-113-92(118)16-17-93(113)119)85-12-14-86(15-13-85)96(120)110-100(77-146-26-19-88(114)102-22-29-125-37-41-131-46-44-128-34-32-122-2,78-147-27-20-89(115)103-23-30-126-38-42-132-49-52-136-57-60-140-63-62-138-55-54-134-47-45-129-35-33-123-3)79-148-28-21-90(116)104-24-31-127-39-43-133-50-53-137-58-61-141-65-67-143-69-71-145-73-72-144-70-68-142-66-64-139-59-56-135-51-48-130-40-36-124-25-18-91(117)105-74-82-4-6-84(7-5-82)76-149-98-94-95(107-80-106-94)108-99(101)109-98/h4-7,12-17,80,83,87H,8-11,18-79H2,1-3H3,(H,102,114)(H,103,115)(H,104,116)(H,105,117)(H,110,120)(H,112,121)(H3,101,106,107,108,109)/b111-81+. The number of benzene rings is 2. The summed E-state index contributed by atoms with van der Waals surface area (Å²) >= 11 is 0. The van der Waals surface area contributed by atoms with Crippen molar-refractivity contribution in [2.75, 3.05) is 390 Å². The predicted molar refractivity (Wildman–Crippen MR) is 539 cm³/mol. The minimum atomic E-state index is -1.47. The number of imide groups is 1. The number of nitrogens with zero attached hydrogens (tertiary/aromatic N) is 5. The number of fused-ring (bicyclic) bond motifs is 1. The normalized spacial score (nSPS) is 14.1. The van der Waals surface area contributed by atoms with Crippen LogP contribution in [0.3, 0.4) is 0 Å². The van der Waals surface area contributed by atoms with Gasteiger partial charge in [0, 0.05) is 96.3 Å². The number of carbonyl (C=O) groups is 8. The second-order valence-electron chi connectivity index (χ2n) is 33.4. The van der Waals surface area contributed by atoms with Crippen LogP contribution in [0.5, 0.6) is 5.88 Å². The number of hydrogen-bond acceptors (Lipinski definition) is 41. The Hall–Kier alpha value is -9.12. The number of H-pyrrole nitrogens is 1. The number of carbonyl (C=O) groups excluding carboxylic acids is 8. The molecule has 2 aliphatic rings. The number of nitrogen functional groups attached to an aromatic ring is 1. The van der Waals surface area contributed by atoms with Crippen LogP contribution in [-0.2, 0) is 175 Å². The average Bonchev–Trinajstić information content (AvgIpc) is 1.71. The molecule has 8 amide bonds. The maximum atomic E-state index is 14.5. The van der Waals surface area contributed by atoms with E-state index in [-0.39, 0.29) is 196 Å². The van der Waals surface area contributed by atoms with Crippen LogP contribution in [0, 0.1) is 11.8 Å². The first-order valence-electron chi connectivity index (χ1n) is 51.1. The number of nitrogens with one attached hydrogen (secondary N) is 7. The molecule has 0 saturated heterocycles. The van der Waals surface area contributed by atoms with E-state index in [1.807, 2.05) is 24.3 Å². The molecule has 1 aliphatic heterocycles. The Morgan fingerprint density at radius 2 is 0.691 bits per heavy atom. The first-order valence-corrected chi connectivity index (χ1v) is 51.1. The third kappa shape index (κ3) is 66.5. The molecule has 0 bridgehead atoms. The zero-order valence-electron chi connectivity index (χ0n) is 87.2. The molecule has 1 fully saturated rings. The fourth-order valence-corrected chi connectivity index (χ4v) is 13.6. The largest absolute Gasteiger partial charge is 0.471 e. The number of anilines is 1. The number of hydrogen-bond donors (Lipinski definition) is 8. The molecule has 0 spiro atoms. The average molecular weight is 2120 g/mol. The van der Waals surface area contributed by atoms with E-state index in [1.54, 1.807) is 45.4 Å². The third-order valence-electron chi connectivity index (χ3n) is 21.7. The summed E-state index contributed by atoms with van der Waals surface area (Å²) in [6, 6.07) is 14.2. The van der Waals surface area contributed by atoms with E-state index in [4.69, 9.17) is 138 Å². The number of hydrazone groups is 1. The van der Waals surface area contributed by atoms with E-state index in [9.17, 15) is 38.4 Å². The summed E-state index contributed by atoms with van der Waals surface area (Å²) in [4.78, 5) is 120. The highest BCUT2D eigenvalue weighted by Crippen LogP contribution is 2.31. The molecule has 2 aromatic heterocycles. The Morgan fingerprint density at radius 3 is 1.04 bits per heavy atom. The molecule has 9 N–H and O–H groups in total. The maximum absolute atomic E-state index is 14.5. The van der Waals surface area contributed by atoms with Gasteiger partial charge in [-0.1, -0.05) is 36.4 Å². The number of amides is 8. The van der Waals surface area contributed by atoms with Crippen LogP contribution in [0.2, 0.25) is 0 Å². The number of ether oxygens (including phenoxy) is 28. The topological polar surface area (TPSA) is 563 Å². The maximum Gasteiger partial charge on any atom is 0.253 e. The molecular weight excluding hydrogens is 1960 g/mol. The number of rotatable bonds is 102. The van der Waals surface area contributed by atoms with Gasteiger partial charge in [0.1, 0.15) is 17.7 Å². The predicted octanol–water partition coefficient (Wildman–Crippen LogP) is 1.49. The van der Waals surface area contributed by atoms with Crippen LogP contribution in [0.1, 0.15) is 85.3 Å². The van der Waals surface area contributed by atoms with E-state index < -0.39 is 11.4 Å². The Kier molecular flexibility index (Phi) is 76.2. The van der Waals surface area contributed by atoms with Gasteiger partial charge in [-0.15, -0.1) is 0 Å². The minimum Gasteiger partial charge on any atom is -0.471 e. The highest BCUT2D eigenvalue weighted by molar-refractivity contribution is 6.13. The number of nitrogens with two attached hydrogens (primary N) is 1. The molecule has 1 saturated carbocycles. The molecule has 6 rings (SSSR count). The monoisotopic (exact) mass is 2120 g/mol. The van der Waals surface area contributed by atoms with Crippen LogP contribution >= 0.6 is 0 Å². The molecule has 3 heterocycles. The van der Waals surface area contributed by atoms with Crippen molar-refractivity contribution >= 4 is 70.1 Å². The lowest BCUT2D eigenvalue weighted by molar-refractivity contribution is -0.138. The Balaban J connectivity index is 0.781. The summed E-state index contributed by atoms with van der Waals surface area (Å²) in [6.07, 6.45) is 6.54. The molecule has 0 radical (unpaired) electrons. The highest BCUT2D eigenvalue weighted by atomic mass is 16.6. The lowest BCUT2D eigenvalue weighted by Gasteiger charge is -2.34. The van der Waals surface area contributed by atoms with Gasteiger partial charge in [-0.2, -0.15) is 15.1 Å². The molecule has 49 nitrogen and oxygen atoms in total. The zero-order chi connectivity index (χ0) is 106. The van der Waals surface area contributed by atoms with Crippen LogP contribution in [0.4, 0.5) is 5.95 Å². The molecule has 149 heavy (non-hydrogen) atoms. The summed E-state index contributed by atoms with van der Waals surface area (Å²) in [5.74, 6) is -2.37. The molecular formula is C100H163N13O36. The van der Waals surface area contributed by atoms with Crippen LogP contribution < -0.4 is 42.5 Å². The molecule has 1 unspecified atom stereocenters. The minimum absolute atomic E-state index is 0.0616. The van der Waals surface area contributed by atoms with Crippen molar-refractivity contribution in [3.8, 4) is 5.88 Å². The summed E-state index contributed by atoms with van der Waals surface area (Å²) in [7, 11) is 3.22. The SMILES string of the molecule is COCCOCCOCCOCCNC(=O)CCOCC(COCCC(=O)NCCOCCOCCOCCOCCOCCOCCOCCOC)(COCCC(=O)NCCOCCOCCOCCOCCOCCOCCOCCOCCOCCOCCOCCOCCC(=O)NCc1ccc(COc2nc(N)nc3nc[nH]c23)cc1)NC(=O)c1ccc(/C(C)=N/NC(=O)C2CCC(CN3C(=O)C=CC3=O)CC2)cc1. The van der Waals surface area contributed by atoms with Crippen molar-refractivity contribution in [1.29, 1.82) is 0 Å². The number of aromatic nitrogens is 4. The van der Waals surface area contributed by atoms with Crippen molar-refractivity contribution in [2.24, 2.45) is 16.9 Å². The Bertz CT molecular complexity index is 4130. The Labute approximate surface area is 872 Å². The van der Waals surface area contributed by atoms with Crippen molar-refractivity contribution in [1.82, 2.24) is 56.8 Å². The lowest BCUT2D eigenvalue weighted by atomic mass is 9.81. The van der Waals surface area contributed by atoms with E-state index in [1.165, 1.54) is 23.4 Å². The second kappa shape index (κ2) is 88.3. The van der Waals surface area contributed by atoms with E-state index in [0.29, 0.717) is 331 Å². The molecule has 4 aromatic rings. The second-order valence-corrected chi connectivity index (χ2v) is 33.4. The molecule has 1 aliphatic carbocycles. The van der Waals surface area contributed by atoms with E-state index >= 15 is 0 Å². The summed E-state index contributed by atoms with van der Waals surface area (Å²) in [5, 5.41) is 18.8. The van der Waals surface area contributed by atoms with Gasteiger partial charge in [0.25, 0.3) is 17.7 Å². The van der Waals surface area contributed by atoms with Gasteiger partial charge in [-0.3, -0.25) is 43.3 Å². The molecule has 844 valence electrons. The number of imidazole rings is 1. The van der Waals surface area contributed by atoms with Crippen LogP contribution in [-0.4, -0.2) is 467 Å². The van der Waals surface area contributed by atoms with Crippen molar-refractivity contribution in [2.45, 2.75) is 77.0 Å². The van der Waals surface area contributed by atoms with Gasteiger partial charge in [-0.25, -0.2) is 10.4 Å². The summed E-state index contributed by atoms with van der Waals surface area (Å²) in [5.41, 5.74) is 11.1. The Morgan fingerprint density at radius 1 is 0.383 bits per heavy atom. The molecule has 2 aromatic carbocycles. The highest BCUT2D eigenvalue weighted by Gasteiger charge is 2.36. The van der Waals surface area contributed by atoms with Gasteiger partial charge in [0.2, 0.25) is 41.4 Å². The first-order chi connectivity index (χ1) is 73.1. The van der Waals surface area contributed by atoms with Gasteiger partial charge in [0.05, 0.1) is 356 Å².